The van der Waals surface area contributed by atoms with Crippen LogP contribution < -0.4 is 15.5 Å². The largest absolute Gasteiger partial charge is 0.351 e. The molecule has 8 heteroatoms. The highest BCUT2D eigenvalue weighted by atomic mass is 19.1. The van der Waals surface area contributed by atoms with E-state index in [1.165, 1.54) is 4.90 Å². The summed E-state index contributed by atoms with van der Waals surface area (Å²) >= 11 is 0. The molecule has 35 heavy (non-hydrogen) atoms. The second-order valence-electron chi connectivity index (χ2n) is 8.40. The number of anilines is 1. The Kier molecular flexibility index (Phi) is 6.91. The summed E-state index contributed by atoms with van der Waals surface area (Å²) in [6, 6.07) is 16.8. The van der Waals surface area contributed by atoms with Crippen molar-refractivity contribution in [1.29, 1.82) is 0 Å². The Bertz CT molecular complexity index is 1270. The summed E-state index contributed by atoms with van der Waals surface area (Å²) in [6.45, 7) is 1.54. The smallest absolute Gasteiger partial charge is 0.253 e. The van der Waals surface area contributed by atoms with Crippen LogP contribution in [0.1, 0.15) is 30.5 Å². The number of halogens is 2. The third-order valence-corrected chi connectivity index (χ3v) is 6.12. The lowest BCUT2D eigenvalue weighted by atomic mass is 9.94. The predicted octanol–water partition coefficient (Wildman–Crippen LogP) is 4.11. The molecule has 6 nitrogen and oxygen atoms in total. The van der Waals surface area contributed by atoms with Crippen LogP contribution in [0.3, 0.4) is 0 Å². The maximum Gasteiger partial charge on any atom is 0.253 e. The number of nitrogens with zero attached hydrogens (tertiary/aromatic N) is 1. The fourth-order valence-electron chi connectivity index (χ4n) is 4.33. The summed E-state index contributed by atoms with van der Waals surface area (Å²) in [7, 11) is 1.65. The zero-order valence-electron chi connectivity index (χ0n) is 19.3. The molecule has 4 rings (SSSR count). The van der Waals surface area contributed by atoms with Crippen molar-refractivity contribution in [2.45, 2.75) is 25.9 Å². The van der Waals surface area contributed by atoms with E-state index in [1.807, 2.05) is 36.4 Å². The highest BCUT2D eigenvalue weighted by molar-refractivity contribution is 6.07. The van der Waals surface area contributed by atoms with Gasteiger partial charge in [-0.2, -0.15) is 0 Å². The Labute approximate surface area is 201 Å². The van der Waals surface area contributed by atoms with Crippen molar-refractivity contribution < 1.29 is 23.2 Å². The quantitative estimate of drug-likeness (QED) is 0.525. The molecular formula is C27H25F2N3O3. The molecule has 1 aliphatic heterocycles. The van der Waals surface area contributed by atoms with Gasteiger partial charge in [0.25, 0.3) is 5.91 Å². The third kappa shape index (κ3) is 4.91. The van der Waals surface area contributed by atoms with Gasteiger partial charge in [0.2, 0.25) is 11.8 Å². The van der Waals surface area contributed by atoms with Crippen LogP contribution in [0.25, 0.3) is 11.1 Å². The van der Waals surface area contributed by atoms with Gasteiger partial charge < -0.3 is 15.5 Å². The summed E-state index contributed by atoms with van der Waals surface area (Å²) in [5, 5.41) is 5.33. The van der Waals surface area contributed by atoms with Crippen LogP contribution in [-0.4, -0.2) is 24.8 Å². The maximum absolute atomic E-state index is 13.4. The average Bonchev–Trinajstić information content (AvgIpc) is 2.92. The molecule has 1 heterocycles. The number of likely N-dealkylation sites (N-methyl/N-ethyl adjacent to an activating group) is 1. The molecule has 3 aromatic carbocycles. The van der Waals surface area contributed by atoms with Crippen molar-refractivity contribution in [1.82, 2.24) is 10.6 Å². The molecule has 0 aromatic heterocycles. The van der Waals surface area contributed by atoms with E-state index in [-0.39, 0.29) is 24.4 Å². The van der Waals surface area contributed by atoms with Gasteiger partial charge in [-0.3, -0.25) is 14.4 Å². The van der Waals surface area contributed by atoms with E-state index >= 15 is 0 Å². The van der Waals surface area contributed by atoms with Crippen LogP contribution in [0.2, 0.25) is 0 Å². The van der Waals surface area contributed by atoms with Gasteiger partial charge in [0.05, 0.1) is 5.69 Å². The molecule has 0 unspecified atom stereocenters. The highest BCUT2D eigenvalue weighted by Gasteiger charge is 2.35. The normalized spacial score (nSPS) is 15.5. The number of carbonyl (C=O) groups is 3. The van der Waals surface area contributed by atoms with Crippen LogP contribution in [0.4, 0.5) is 14.5 Å². The Hall–Kier alpha value is -4.07. The summed E-state index contributed by atoms with van der Waals surface area (Å²) in [4.78, 5) is 40.9. The van der Waals surface area contributed by atoms with E-state index in [0.717, 1.165) is 29.3 Å². The van der Waals surface area contributed by atoms with Crippen molar-refractivity contribution in [2.24, 2.45) is 5.92 Å². The van der Waals surface area contributed by atoms with Crippen molar-refractivity contribution in [3.05, 3.63) is 89.5 Å². The number of rotatable bonds is 6. The monoisotopic (exact) mass is 477 g/mol. The standard InChI is InChI=1S/C27H25F2N3O3/c1-3-19(25(33)30-15-16-12-17(28)14-18(29)13-16)26(34)31-24-22-10-5-4-8-20(22)21-9-6-7-11-23(21)32(2)27(24)35/h4-14,19,24H,3,15H2,1-2H3,(H,30,33)(H,31,34)/t19-,24+/m1/s1. The van der Waals surface area contributed by atoms with E-state index in [9.17, 15) is 23.2 Å². The number of benzene rings is 3. The first-order valence-corrected chi connectivity index (χ1v) is 11.3. The zero-order valence-corrected chi connectivity index (χ0v) is 19.3. The predicted molar refractivity (Wildman–Crippen MR) is 128 cm³/mol. The van der Waals surface area contributed by atoms with Crippen molar-refractivity contribution >= 4 is 23.4 Å². The number of amides is 3. The number of nitrogens with one attached hydrogen (secondary N) is 2. The summed E-state index contributed by atoms with van der Waals surface area (Å²) < 4.78 is 26.9. The number of para-hydroxylation sites is 1. The summed E-state index contributed by atoms with van der Waals surface area (Å²) in [5.41, 5.74) is 3.26. The molecule has 2 atom stereocenters. The van der Waals surface area contributed by atoms with Gasteiger partial charge in [0, 0.05) is 25.2 Å². The molecule has 0 aliphatic carbocycles. The van der Waals surface area contributed by atoms with Gasteiger partial charge in [0.15, 0.2) is 0 Å². The first-order chi connectivity index (χ1) is 16.8. The molecule has 0 fully saturated rings. The number of hydrogen-bond donors (Lipinski definition) is 2. The minimum Gasteiger partial charge on any atom is -0.351 e. The second-order valence-corrected chi connectivity index (χ2v) is 8.40. The molecule has 0 bridgehead atoms. The van der Waals surface area contributed by atoms with Gasteiger partial charge in [-0.05, 0) is 41.3 Å². The van der Waals surface area contributed by atoms with Crippen LogP contribution in [0, 0.1) is 17.6 Å². The summed E-state index contributed by atoms with van der Waals surface area (Å²) in [5.74, 6) is -4.14. The lowest BCUT2D eigenvalue weighted by Crippen LogP contribution is -2.46. The van der Waals surface area contributed by atoms with Gasteiger partial charge in [-0.15, -0.1) is 0 Å². The van der Waals surface area contributed by atoms with Crippen LogP contribution >= 0.6 is 0 Å². The molecule has 0 spiro atoms. The number of carbonyl (C=O) groups excluding carboxylic acids is 3. The molecule has 0 saturated carbocycles. The molecule has 180 valence electrons. The van der Waals surface area contributed by atoms with Gasteiger partial charge >= 0.3 is 0 Å². The van der Waals surface area contributed by atoms with Crippen LogP contribution in [0.15, 0.2) is 66.7 Å². The first-order valence-electron chi connectivity index (χ1n) is 11.3. The minimum atomic E-state index is -1.09. The maximum atomic E-state index is 13.4. The minimum absolute atomic E-state index is 0.138. The molecule has 3 aromatic rings. The first kappa shape index (κ1) is 24.1. The van der Waals surface area contributed by atoms with Crippen molar-refractivity contribution in [3.8, 4) is 11.1 Å². The average molecular weight is 478 g/mol. The van der Waals surface area contributed by atoms with Crippen molar-refractivity contribution in [2.75, 3.05) is 11.9 Å². The van der Waals surface area contributed by atoms with E-state index in [1.54, 1.807) is 26.1 Å². The van der Waals surface area contributed by atoms with Gasteiger partial charge in [-0.25, -0.2) is 8.78 Å². The van der Waals surface area contributed by atoms with E-state index in [2.05, 4.69) is 10.6 Å². The summed E-state index contributed by atoms with van der Waals surface area (Å²) in [6.07, 6.45) is 0.174. The van der Waals surface area contributed by atoms with Gasteiger partial charge in [0.1, 0.15) is 23.6 Å². The Balaban J connectivity index is 1.55. The molecule has 2 N–H and O–H groups in total. The SMILES string of the molecule is CC[C@H](C(=O)NCc1cc(F)cc(F)c1)C(=O)N[C@@H]1C(=O)N(C)c2ccccc2-c2ccccc21. The highest BCUT2D eigenvalue weighted by Crippen LogP contribution is 2.39. The Morgan fingerprint density at radius 3 is 2.26 bits per heavy atom. The van der Waals surface area contributed by atoms with Gasteiger partial charge in [-0.1, -0.05) is 49.4 Å². The van der Waals surface area contributed by atoms with E-state index in [4.69, 9.17) is 0 Å². The fraction of sp³-hybridized carbons (Fsp3) is 0.222. The molecule has 0 saturated heterocycles. The lowest BCUT2D eigenvalue weighted by Gasteiger charge is -2.24. The Morgan fingerprint density at radius 1 is 0.943 bits per heavy atom. The number of hydrogen-bond acceptors (Lipinski definition) is 3. The lowest BCUT2D eigenvalue weighted by molar-refractivity contribution is -0.137. The molecular weight excluding hydrogens is 452 g/mol. The molecule has 3 amide bonds. The van der Waals surface area contributed by atoms with Crippen molar-refractivity contribution in [3.63, 3.8) is 0 Å². The van der Waals surface area contributed by atoms with E-state index in [0.29, 0.717) is 11.3 Å². The fourth-order valence-corrected chi connectivity index (χ4v) is 4.33. The zero-order chi connectivity index (χ0) is 25.1. The molecule has 1 aliphatic rings. The van der Waals surface area contributed by atoms with Crippen LogP contribution in [-0.2, 0) is 20.9 Å². The Morgan fingerprint density at radius 2 is 1.57 bits per heavy atom. The number of fused-ring (bicyclic) bond motifs is 3. The topological polar surface area (TPSA) is 78.5 Å². The second kappa shape index (κ2) is 10.0. The van der Waals surface area contributed by atoms with Crippen LogP contribution in [0.5, 0.6) is 0 Å². The third-order valence-electron chi connectivity index (χ3n) is 6.12. The van der Waals surface area contributed by atoms with E-state index < -0.39 is 35.4 Å². The molecule has 0 radical (unpaired) electrons.